The third-order valence-corrected chi connectivity index (χ3v) is 2.83. The molecule has 1 aromatic rings. The number of carbonyl (C=O) groups excluding carboxylic acids is 1. The van der Waals surface area contributed by atoms with Crippen LogP contribution in [0.5, 0.6) is 0 Å². The summed E-state index contributed by atoms with van der Waals surface area (Å²) in [6, 6.07) is 8.33. The number of aliphatic hydroxyl groups is 1. The van der Waals surface area contributed by atoms with E-state index in [0.29, 0.717) is 6.42 Å². The van der Waals surface area contributed by atoms with Crippen LogP contribution < -0.4 is 10.6 Å². The Hall–Kier alpha value is -1.92. The Kier molecular flexibility index (Phi) is 6.69. The summed E-state index contributed by atoms with van der Waals surface area (Å²) in [5, 5.41) is 23.6. The number of hydrogen-bond donors (Lipinski definition) is 4. The van der Waals surface area contributed by atoms with Gasteiger partial charge in [0, 0.05) is 19.5 Å². The van der Waals surface area contributed by atoms with Crippen LogP contribution in [0.25, 0.3) is 0 Å². The van der Waals surface area contributed by atoms with Crippen molar-refractivity contribution in [3.05, 3.63) is 35.9 Å². The van der Waals surface area contributed by atoms with E-state index in [1.807, 2.05) is 30.3 Å². The molecule has 1 aromatic carbocycles. The monoisotopic (exact) mass is 280 g/mol. The number of carboxylic acid groups (broad SMARTS) is 1. The van der Waals surface area contributed by atoms with E-state index in [1.54, 1.807) is 0 Å². The lowest BCUT2D eigenvalue weighted by atomic mass is 10.1. The molecule has 110 valence electrons. The SMILES string of the molecule is CC(=O)NC(CNC(CO)Cc1ccccc1)C(=O)O. The lowest BCUT2D eigenvalue weighted by Crippen LogP contribution is -2.49. The molecule has 0 aliphatic carbocycles. The number of amides is 1. The topological polar surface area (TPSA) is 98.7 Å². The van der Waals surface area contributed by atoms with Gasteiger partial charge in [-0.25, -0.2) is 4.79 Å². The molecule has 0 bridgehead atoms. The minimum atomic E-state index is -1.11. The standard InChI is InChI=1S/C14H20N2O4/c1-10(18)16-13(14(19)20)8-15-12(9-17)7-11-5-3-2-4-6-11/h2-6,12-13,15,17H,7-9H2,1H3,(H,16,18)(H,19,20). The molecule has 2 unspecified atom stereocenters. The van der Waals surface area contributed by atoms with Crippen molar-refractivity contribution in [1.29, 1.82) is 0 Å². The quantitative estimate of drug-likeness (QED) is 0.527. The number of carbonyl (C=O) groups is 2. The van der Waals surface area contributed by atoms with Gasteiger partial charge >= 0.3 is 5.97 Å². The molecule has 20 heavy (non-hydrogen) atoms. The predicted molar refractivity (Wildman–Crippen MR) is 74.3 cm³/mol. The van der Waals surface area contributed by atoms with Crippen molar-refractivity contribution in [2.24, 2.45) is 0 Å². The third-order valence-electron chi connectivity index (χ3n) is 2.83. The maximum atomic E-state index is 11.0. The first-order valence-electron chi connectivity index (χ1n) is 6.41. The molecule has 0 aliphatic heterocycles. The van der Waals surface area contributed by atoms with Gasteiger partial charge in [0.25, 0.3) is 0 Å². The van der Waals surface area contributed by atoms with Crippen molar-refractivity contribution in [3.8, 4) is 0 Å². The molecule has 0 saturated carbocycles. The number of benzene rings is 1. The summed E-state index contributed by atoms with van der Waals surface area (Å²) in [7, 11) is 0. The fraction of sp³-hybridized carbons (Fsp3) is 0.429. The predicted octanol–water partition coefficient (Wildman–Crippen LogP) is -0.231. The van der Waals surface area contributed by atoms with Crippen LogP contribution in [-0.4, -0.2) is 47.3 Å². The van der Waals surface area contributed by atoms with Gasteiger partial charge in [0.1, 0.15) is 6.04 Å². The Balaban J connectivity index is 2.51. The minimum absolute atomic E-state index is 0.0625. The van der Waals surface area contributed by atoms with Crippen molar-refractivity contribution in [2.45, 2.75) is 25.4 Å². The summed E-state index contributed by atoms with van der Waals surface area (Å²) in [5.41, 5.74) is 1.05. The van der Waals surface area contributed by atoms with Crippen LogP contribution in [0.3, 0.4) is 0 Å². The maximum Gasteiger partial charge on any atom is 0.327 e. The molecular weight excluding hydrogens is 260 g/mol. The molecule has 0 saturated heterocycles. The summed E-state index contributed by atoms with van der Waals surface area (Å²) >= 11 is 0. The molecule has 4 N–H and O–H groups in total. The summed E-state index contributed by atoms with van der Waals surface area (Å²) < 4.78 is 0. The first kappa shape index (κ1) is 16.1. The second kappa shape index (κ2) is 8.29. The van der Waals surface area contributed by atoms with Crippen LogP contribution in [0.4, 0.5) is 0 Å². The van der Waals surface area contributed by atoms with Crippen molar-refractivity contribution < 1.29 is 19.8 Å². The minimum Gasteiger partial charge on any atom is -0.480 e. The molecule has 6 nitrogen and oxygen atoms in total. The molecule has 0 heterocycles. The number of rotatable bonds is 8. The highest BCUT2D eigenvalue weighted by atomic mass is 16.4. The van der Waals surface area contributed by atoms with E-state index >= 15 is 0 Å². The van der Waals surface area contributed by atoms with Gasteiger partial charge in [-0.1, -0.05) is 30.3 Å². The summed E-state index contributed by atoms with van der Waals surface area (Å²) in [5.74, 6) is -1.51. The smallest absolute Gasteiger partial charge is 0.327 e. The molecule has 6 heteroatoms. The van der Waals surface area contributed by atoms with Gasteiger partial charge in [0.15, 0.2) is 0 Å². The Labute approximate surface area is 117 Å². The van der Waals surface area contributed by atoms with E-state index in [4.69, 9.17) is 5.11 Å². The molecule has 0 radical (unpaired) electrons. The Bertz CT molecular complexity index is 436. The molecular formula is C14H20N2O4. The Morgan fingerprint density at radius 2 is 1.90 bits per heavy atom. The van der Waals surface area contributed by atoms with E-state index in [-0.39, 0.29) is 19.2 Å². The zero-order chi connectivity index (χ0) is 15.0. The van der Waals surface area contributed by atoms with Crippen LogP contribution in [0, 0.1) is 0 Å². The largest absolute Gasteiger partial charge is 0.480 e. The average Bonchev–Trinajstić information content (AvgIpc) is 2.42. The number of carboxylic acids is 1. The van der Waals surface area contributed by atoms with Crippen LogP contribution >= 0.6 is 0 Å². The van der Waals surface area contributed by atoms with Crippen molar-refractivity contribution in [3.63, 3.8) is 0 Å². The fourth-order valence-corrected chi connectivity index (χ4v) is 1.83. The van der Waals surface area contributed by atoms with Crippen LogP contribution in [0.15, 0.2) is 30.3 Å². The van der Waals surface area contributed by atoms with Gasteiger partial charge in [0.2, 0.25) is 5.91 Å². The number of aliphatic hydroxyl groups excluding tert-OH is 1. The van der Waals surface area contributed by atoms with Gasteiger partial charge in [-0.3, -0.25) is 4.79 Å². The van der Waals surface area contributed by atoms with Gasteiger partial charge in [-0.15, -0.1) is 0 Å². The lowest BCUT2D eigenvalue weighted by Gasteiger charge is -2.20. The van der Waals surface area contributed by atoms with Crippen molar-refractivity contribution >= 4 is 11.9 Å². The van der Waals surface area contributed by atoms with Crippen molar-refractivity contribution in [2.75, 3.05) is 13.2 Å². The summed E-state index contributed by atoms with van der Waals surface area (Å²) in [6.45, 7) is 1.22. The first-order chi connectivity index (χ1) is 9.52. The molecule has 2 atom stereocenters. The first-order valence-corrected chi connectivity index (χ1v) is 6.41. The van der Waals surface area contributed by atoms with Gasteiger partial charge in [-0.05, 0) is 12.0 Å². The van der Waals surface area contributed by atoms with Crippen LogP contribution in [-0.2, 0) is 16.0 Å². The zero-order valence-electron chi connectivity index (χ0n) is 11.4. The second-order valence-electron chi connectivity index (χ2n) is 4.57. The fourth-order valence-electron chi connectivity index (χ4n) is 1.83. The van der Waals surface area contributed by atoms with Gasteiger partial charge in [0.05, 0.1) is 6.61 Å². The maximum absolute atomic E-state index is 11.0. The summed E-state index contributed by atoms with van der Waals surface area (Å²) in [6.07, 6.45) is 0.587. The van der Waals surface area contributed by atoms with E-state index in [1.165, 1.54) is 6.92 Å². The lowest BCUT2D eigenvalue weighted by molar-refractivity contribution is -0.141. The van der Waals surface area contributed by atoms with E-state index in [2.05, 4.69) is 10.6 Å². The number of nitrogens with one attached hydrogen (secondary N) is 2. The molecule has 0 aromatic heterocycles. The summed E-state index contributed by atoms with van der Waals surface area (Å²) in [4.78, 5) is 21.9. The highest BCUT2D eigenvalue weighted by Gasteiger charge is 2.19. The number of aliphatic carboxylic acids is 1. The second-order valence-corrected chi connectivity index (χ2v) is 4.57. The van der Waals surface area contributed by atoms with E-state index in [9.17, 15) is 14.7 Å². The average molecular weight is 280 g/mol. The normalized spacial score (nSPS) is 13.5. The Morgan fingerprint density at radius 3 is 2.40 bits per heavy atom. The molecule has 0 aliphatic rings. The third kappa shape index (κ3) is 5.81. The molecule has 0 spiro atoms. The number of hydrogen-bond acceptors (Lipinski definition) is 4. The molecule has 1 rings (SSSR count). The molecule has 0 fully saturated rings. The van der Waals surface area contributed by atoms with Crippen LogP contribution in [0.2, 0.25) is 0 Å². The zero-order valence-corrected chi connectivity index (χ0v) is 11.4. The van der Waals surface area contributed by atoms with Gasteiger partial charge < -0.3 is 20.8 Å². The Morgan fingerprint density at radius 1 is 1.25 bits per heavy atom. The highest BCUT2D eigenvalue weighted by Crippen LogP contribution is 2.03. The van der Waals surface area contributed by atoms with E-state index in [0.717, 1.165) is 5.56 Å². The van der Waals surface area contributed by atoms with Crippen LogP contribution in [0.1, 0.15) is 12.5 Å². The van der Waals surface area contributed by atoms with Crippen molar-refractivity contribution in [1.82, 2.24) is 10.6 Å². The van der Waals surface area contributed by atoms with E-state index < -0.39 is 17.9 Å². The molecule has 1 amide bonds. The van der Waals surface area contributed by atoms with Gasteiger partial charge in [-0.2, -0.15) is 0 Å². The highest BCUT2D eigenvalue weighted by molar-refractivity contribution is 5.82.